The Morgan fingerprint density at radius 1 is 1.28 bits per heavy atom. The van der Waals surface area contributed by atoms with Crippen LogP contribution >= 0.6 is 22.7 Å². The van der Waals surface area contributed by atoms with Crippen molar-refractivity contribution in [3.63, 3.8) is 0 Å². The molecule has 2 amide bonds. The second-order valence-electron chi connectivity index (χ2n) is 3.81. The summed E-state index contributed by atoms with van der Waals surface area (Å²) in [4.78, 5) is 13.8. The summed E-state index contributed by atoms with van der Waals surface area (Å²) in [6.45, 7) is 3.24. The van der Waals surface area contributed by atoms with Gasteiger partial charge in [0.15, 0.2) is 0 Å². The van der Waals surface area contributed by atoms with E-state index in [1.165, 1.54) is 15.3 Å². The third-order valence-corrected chi connectivity index (χ3v) is 4.34. The number of urea groups is 1. The lowest BCUT2D eigenvalue weighted by Crippen LogP contribution is -2.36. The number of carbonyl (C=O) groups is 1. The van der Waals surface area contributed by atoms with Crippen molar-refractivity contribution in [1.82, 2.24) is 10.6 Å². The van der Waals surface area contributed by atoms with Crippen LogP contribution in [0, 0.1) is 0 Å². The minimum Gasteiger partial charge on any atom is -0.338 e. The quantitative estimate of drug-likeness (QED) is 0.866. The first-order chi connectivity index (χ1) is 8.79. The van der Waals surface area contributed by atoms with E-state index >= 15 is 0 Å². The van der Waals surface area contributed by atoms with E-state index in [0.717, 1.165) is 6.42 Å². The highest BCUT2D eigenvalue weighted by atomic mass is 32.1. The minimum absolute atomic E-state index is 0.0906. The number of carbonyl (C=O) groups excluding carboxylic acids is 1. The summed E-state index contributed by atoms with van der Waals surface area (Å²) in [5, 5.41) is 9.79. The maximum absolute atomic E-state index is 11.2. The molecular weight excluding hydrogens is 264 g/mol. The highest BCUT2D eigenvalue weighted by Gasteiger charge is 2.04. The van der Waals surface area contributed by atoms with Crippen LogP contribution in [0.15, 0.2) is 29.0 Å². The van der Waals surface area contributed by atoms with Crippen molar-refractivity contribution >= 4 is 28.7 Å². The van der Waals surface area contributed by atoms with Crippen molar-refractivity contribution in [3.05, 3.63) is 33.8 Å². The fourth-order valence-electron chi connectivity index (χ4n) is 1.59. The van der Waals surface area contributed by atoms with E-state index in [1.807, 2.05) is 6.92 Å². The molecule has 18 heavy (non-hydrogen) atoms. The lowest BCUT2D eigenvalue weighted by molar-refractivity contribution is 0.241. The van der Waals surface area contributed by atoms with Crippen molar-refractivity contribution in [3.8, 4) is 10.4 Å². The fraction of sp³-hybridized carbons (Fsp3) is 0.308. The Morgan fingerprint density at radius 2 is 2.17 bits per heavy atom. The Hall–Kier alpha value is -1.33. The van der Waals surface area contributed by atoms with E-state index in [-0.39, 0.29) is 6.03 Å². The summed E-state index contributed by atoms with van der Waals surface area (Å²) in [6.07, 6.45) is 0.881. The van der Waals surface area contributed by atoms with Crippen molar-refractivity contribution < 1.29 is 4.79 Å². The van der Waals surface area contributed by atoms with Crippen LogP contribution in [-0.4, -0.2) is 19.1 Å². The Labute approximate surface area is 115 Å². The molecule has 0 saturated heterocycles. The van der Waals surface area contributed by atoms with Crippen molar-refractivity contribution in [1.29, 1.82) is 0 Å². The predicted molar refractivity (Wildman–Crippen MR) is 78.4 cm³/mol. The molecule has 0 aromatic carbocycles. The number of rotatable bonds is 5. The van der Waals surface area contributed by atoms with E-state index in [9.17, 15) is 4.79 Å². The summed E-state index contributed by atoms with van der Waals surface area (Å²) < 4.78 is 0. The molecule has 2 rings (SSSR count). The van der Waals surface area contributed by atoms with E-state index in [0.29, 0.717) is 13.1 Å². The van der Waals surface area contributed by atoms with Crippen LogP contribution in [0.25, 0.3) is 10.4 Å². The Kier molecular flexibility index (Phi) is 4.78. The number of thiophene rings is 2. The smallest absolute Gasteiger partial charge is 0.314 e. The van der Waals surface area contributed by atoms with Crippen LogP contribution < -0.4 is 10.6 Å². The number of hydrogen-bond donors (Lipinski definition) is 2. The molecule has 2 aromatic rings. The van der Waals surface area contributed by atoms with Gasteiger partial charge < -0.3 is 10.6 Å². The monoisotopic (exact) mass is 280 g/mol. The first-order valence-electron chi connectivity index (χ1n) is 5.92. The molecule has 0 unspecified atom stereocenters. The van der Waals surface area contributed by atoms with E-state index in [2.05, 4.69) is 39.6 Å². The predicted octanol–water partition coefficient (Wildman–Crippen LogP) is 3.34. The Bertz CT molecular complexity index is 491. The van der Waals surface area contributed by atoms with Gasteiger partial charge in [0, 0.05) is 28.4 Å². The summed E-state index contributed by atoms with van der Waals surface area (Å²) >= 11 is 3.50. The zero-order valence-electron chi connectivity index (χ0n) is 10.2. The molecule has 5 heteroatoms. The first kappa shape index (κ1) is 13.1. The summed E-state index contributed by atoms with van der Waals surface area (Å²) in [6, 6.07) is 6.32. The Morgan fingerprint density at radius 3 is 2.89 bits per heavy atom. The lowest BCUT2D eigenvalue weighted by Gasteiger charge is -2.04. The van der Waals surface area contributed by atoms with Gasteiger partial charge in [-0.3, -0.25) is 0 Å². The molecule has 2 N–H and O–H groups in total. The third-order valence-electron chi connectivity index (χ3n) is 2.46. The van der Waals surface area contributed by atoms with Gasteiger partial charge in [-0.1, -0.05) is 0 Å². The molecule has 0 aliphatic rings. The minimum atomic E-state index is -0.0906. The van der Waals surface area contributed by atoms with Crippen LogP contribution in [0.3, 0.4) is 0 Å². The topological polar surface area (TPSA) is 41.1 Å². The molecule has 2 heterocycles. The average molecular weight is 280 g/mol. The lowest BCUT2D eigenvalue weighted by atomic mass is 10.3. The maximum Gasteiger partial charge on any atom is 0.314 e. The molecule has 0 bridgehead atoms. The van der Waals surface area contributed by atoms with Crippen LogP contribution in [-0.2, 0) is 6.42 Å². The molecule has 0 aliphatic heterocycles. The van der Waals surface area contributed by atoms with Gasteiger partial charge in [0.2, 0.25) is 0 Å². The fourth-order valence-corrected chi connectivity index (χ4v) is 3.33. The van der Waals surface area contributed by atoms with Crippen molar-refractivity contribution in [2.24, 2.45) is 0 Å². The van der Waals surface area contributed by atoms with Crippen molar-refractivity contribution in [2.75, 3.05) is 13.1 Å². The highest BCUT2D eigenvalue weighted by Crippen LogP contribution is 2.29. The second-order valence-corrected chi connectivity index (χ2v) is 5.76. The van der Waals surface area contributed by atoms with E-state index in [4.69, 9.17) is 0 Å². The third kappa shape index (κ3) is 3.58. The first-order valence-corrected chi connectivity index (χ1v) is 7.68. The molecule has 0 fully saturated rings. The van der Waals surface area contributed by atoms with Gasteiger partial charge in [-0.25, -0.2) is 4.79 Å². The summed E-state index contributed by atoms with van der Waals surface area (Å²) in [7, 11) is 0. The van der Waals surface area contributed by atoms with E-state index < -0.39 is 0 Å². The van der Waals surface area contributed by atoms with Gasteiger partial charge in [-0.2, -0.15) is 11.3 Å². The highest BCUT2D eigenvalue weighted by molar-refractivity contribution is 7.16. The summed E-state index contributed by atoms with van der Waals surface area (Å²) in [5.74, 6) is 0. The molecule has 2 aromatic heterocycles. The second kappa shape index (κ2) is 6.56. The molecule has 0 radical (unpaired) electrons. The van der Waals surface area contributed by atoms with Crippen LogP contribution in [0.5, 0.6) is 0 Å². The van der Waals surface area contributed by atoms with Gasteiger partial charge in [0.05, 0.1) is 0 Å². The zero-order chi connectivity index (χ0) is 12.8. The van der Waals surface area contributed by atoms with Gasteiger partial charge in [-0.15, -0.1) is 11.3 Å². The number of hydrogen-bond acceptors (Lipinski definition) is 3. The maximum atomic E-state index is 11.2. The molecule has 0 aliphatic carbocycles. The van der Waals surface area contributed by atoms with Gasteiger partial charge in [0.1, 0.15) is 0 Å². The standard InChI is InChI=1S/C13H16N2OS2/c1-2-14-13(16)15-7-5-11-3-4-12(18-11)10-6-8-17-9-10/h3-4,6,8-9H,2,5,7H2,1H3,(H2,14,15,16). The van der Waals surface area contributed by atoms with E-state index in [1.54, 1.807) is 22.7 Å². The van der Waals surface area contributed by atoms with Gasteiger partial charge in [0.25, 0.3) is 0 Å². The van der Waals surface area contributed by atoms with Crippen LogP contribution in [0.2, 0.25) is 0 Å². The van der Waals surface area contributed by atoms with Gasteiger partial charge >= 0.3 is 6.03 Å². The summed E-state index contributed by atoms with van der Waals surface area (Å²) in [5.41, 5.74) is 1.29. The van der Waals surface area contributed by atoms with Crippen LogP contribution in [0.4, 0.5) is 4.79 Å². The number of nitrogens with one attached hydrogen (secondary N) is 2. The molecular formula is C13H16N2OS2. The Balaban J connectivity index is 1.82. The average Bonchev–Trinajstić information content (AvgIpc) is 2.99. The zero-order valence-corrected chi connectivity index (χ0v) is 11.9. The largest absolute Gasteiger partial charge is 0.338 e. The molecule has 3 nitrogen and oxygen atoms in total. The van der Waals surface area contributed by atoms with Gasteiger partial charge in [-0.05, 0) is 42.3 Å². The molecule has 0 saturated carbocycles. The normalized spacial score (nSPS) is 10.3. The SMILES string of the molecule is CCNC(=O)NCCc1ccc(-c2ccsc2)s1. The molecule has 0 atom stereocenters. The number of amides is 2. The van der Waals surface area contributed by atoms with Crippen LogP contribution in [0.1, 0.15) is 11.8 Å². The molecule has 0 spiro atoms. The molecule has 96 valence electrons. The van der Waals surface area contributed by atoms with Crippen molar-refractivity contribution in [2.45, 2.75) is 13.3 Å².